The summed E-state index contributed by atoms with van der Waals surface area (Å²) in [5, 5.41) is 2.92. The van der Waals surface area contributed by atoms with Crippen molar-refractivity contribution in [3.8, 4) is 0 Å². The second kappa shape index (κ2) is 7.78. The molecule has 5 nitrogen and oxygen atoms in total. The zero-order valence-corrected chi connectivity index (χ0v) is 15.2. The number of nitrogens with one attached hydrogen (secondary N) is 1. The van der Waals surface area contributed by atoms with Crippen LogP contribution in [0.2, 0.25) is 0 Å². The summed E-state index contributed by atoms with van der Waals surface area (Å²) in [6.07, 6.45) is 0. The molecule has 0 bridgehead atoms. The minimum atomic E-state index is -0.209. The highest BCUT2D eigenvalue weighted by Gasteiger charge is 2.13. The number of amides is 1. The van der Waals surface area contributed by atoms with Crippen LogP contribution < -0.4 is 10.2 Å². The van der Waals surface area contributed by atoms with Crippen LogP contribution in [-0.4, -0.2) is 22.9 Å². The van der Waals surface area contributed by atoms with E-state index in [1.807, 2.05) is 80.4 Å². The molecule has 1 N–H and O–H groups in total. The van der Waals surface area contributed by atoms with Crippen LogP contribution in [0.4, 0.5) is 11.6 Å². The smallest absolute Gasteiger partial charge is 0.270 e. The van der Waals surface area contributed by atoms with Crippen molar-refractivity contribution >= 4 is 17.5 Å². The number of rotatable bonds is 5. The Morgan fingerprint density at radius 1 is 1.00 bits per heavy atom. The highest BCUT2D eigenvalue weighted by molar-refractivity contribution is 5.92. The van der Waals surface area contributed by atoms with E-state index in [0.29, 0.717) is 18.2 Å². The predicted molar refractivity (Wildman–Crippen MR) is 104 cm³/mol. The zero-order valence-electron chi connectivity index (χ0n) is 15.2. The molecule has 1 amide bonds. The summed E-state index contributed by atoms with van der Waals surface area (Å²) >= 11 is 0. The van der Waals surface area contributed by atoms with E-state index in [0.717, 1.165) is 16.9 Å². The Labute approximate surface area is 153 Å². The maximum atomic E-state index is 12.5. The van der Waals surface area contributed by atoms with E-state index in [1.165, 1.54) is 5.56 Å². The molecule has 26 heavy (non-hydrogen) atoms. The van der Waals surface area contributed by atoms with Crippen LogP contribution in [0.3, 0.4) is 0 Å². The molecule has 3 aromatic rings. The van der Waals surface area contributed by atoms with Gasteiger partial charge in [-0.25, -0.2) is 9.97 Å². The topological polar surface area (TPSA) is 58.1 Å². The fourth-order valence-corrected chi connectivity index (χ4v) is 2.57. The molecule has 132 valence electrons. The average molecular weight is 346 g/mol. The molecule has 5 heteroatoms. The molecule has 1 heterocycles. The molecule has 0 fully saturated rings. The molecular weight excluding hydrogens is 324 g/mol. The Morgan fingerprint density at radius 3 is 2.38 bits per heavy atom. The van der Waals surface area contributed by atoms with Crippen molar-refractivity contribution in [3.63, 3.8) is 0 Å². The summed E-state index contributed by atoms with van der Waals surface area (Å²) in [6, 6.07) is 19.6. The summed E-state index contributed by atoms with van der Waals surface area (Å²) in [4.78, 5) is 23.3. The van der Waals surface area contributed by atoms with E-state index in [1.54, 1.807) is 6.07 Å². The summed E-state index contributed by atoms with van der Waals surface area (Å²) in [5.41, 5.74) is 4.32. The molecule has 0 spiro atoms. The van der Waals surface area contributed by atoms with Crippen LogP contribution >= 0.6 is 0 Å². The Bertz CT molecular complexity index is 892. The fourth-order valence-electron chi connectivity index (χ4n) is 2.57. The highest BCUT2D eigenvalue weighted by Crippen LogP contribution is 2.20. The van der Waals surface area contributed by atoms with Gasteiger partial charge in [0.15, 0.2) is 0 Å². The first-order valence-electron chi connectivity index (χ1n) is 8.51. The summed E-state index contributed by atoms with van der Waals surface area (Å²) in [7, 11) is 1.89. The summed E-state index contributed by atoms with van der Waals surface area (Å²) in [6.45, 7) is 4.36. The standard InChI is InChI=1S/C21H22N4O/c1-15-9-11-17(12-10-15)14-22-20(26)19-13-16(2)23-21(24-19)25(3)18-7-5-4-6-8-18/h4-13H,14H2,1-3H3,(H,22,26). The number of anilines is 2. The molecule has 0 unspecified atom stereocenters. The summed E-state index contributed by atoms with van der Waals surface area (Å²) in [5.74, 6) is 0.287. The number of hydrogen-bond acceptors (Lipinski definition) is 4. The van der Waals surface area contributed by atoms with Crippen LogP contribution in [0, 0.1) is 13.8 Å². The fraction of sp³-hybridized carbons (Fsp3) is 0.190. The van der Waals surface area contributed by atoms with Crippen LogP contribution in [0.1, 0.15) is 27.3 Å². The third-order valence-corrected chi connectivity index (χ3v) is 4.09. The van der Waals surface area contributed by atoms with E-state index < -0.39 is 0 Å². The zero-order chi connectivity index (χ0) is 18.5. The monoisotopic (exact) mass is 346 g/mol. The number of aromatic nitrogens is 2. The minimum Gasteiger partial charge on any atom is -0.347 e. The van der Waals surface area contributed by atoms with Crippen LogP contribution in [-0.2, 0) is 6.54 Å². The quantitative estimate of drug-likeness (QED) is 0.763. The maximum Gasteiger partial charge on any atom is 0.270 e. The molecule has 0 aliphatic heterocycles. The Kier molecular flexibility index (Phi) is 5.27. The molecule has 0 aliphatic carbocycles. The molecule has 0 saturated heterocycles. The largest absolute Gasteiger partial charge is 0.347 e. The SMILES string of the molecule is Cc1ccc(CNC(=O)c2cc(C)nc(N(C)c3ccccc3)n2)cc1. The van der Waals surface area contributed by atoms with Crippen LogP contribution in [0.5, 0.6) is 0 Å². The number of carbonyl (C=O) groups is 1. The van der Waals surface area contributed by atoms with Gasteiger partial charge in [0.2, 0.25) is 5.95 Å². The van der Waals surface area contributed by atoms with Gasteiger partial charge in [-0.3, -0.25) is 4.79 Å². The van der Waals surface area contributed by atoms with Crippen molar-refractivity contribution in [1.82, 2.24) is 15.3 Å². The van der Waals surface area contributed by atoms with Gasteiger partial charge in [-0.1, -0.05) is 48.0 Å². The van der Waals surface area contributed by atoms with Gasteiger partial charge < -0.3 is 10.2 Å². The molecular formula is C21H22N4O. The second-order valence-electron chi connectivity index (χ2n) is 6.26. The first-order chi connectivity index (χ1) is 12.5. The number of hydrogen-bond donors (Lipinski definition) is 1. The lowest BCUT2D eigenvalue weighted by Crippen LogP contribution is -2.25. The van der Waals surface area contributed by atoms with E-state index in [9.17, 15) is 4.79 Å². The average Bonchev–Trinajstić information content (AvgIpc) is 2.67. The Hall–Kier alpha value is -3.21. The second-order valence-corrected chi connectivity index (χ2v) is 6.26. The first kappa shape index (κ1) is 17.6. The van der Waals surface area contributed by atoms with E-state index in [2.05, 4.69) is 15.3 Å². The van der Waals surface area contributed by atoms with Gasteiger partial charge in [0.05, 0.1) is 0 Å². The van der Waals surface area contributed by atoms with E-state index in [-0.39, 0.29) is 5.91 Å². The molecule has 0 atom stereocenters. The number of aryl methyl sites for hydroxylation is 2. The van der Waals surface area contributed by atoms with Gasteiger partial charge in [0.1, 0.15) is 5.69 Å². The molecule has 3 rings (SSSR count). The van der Waals surface area contributed by atoms with Gasteiger partial charge >= 0.3 is 0 Å². The number of benzene rings is 2. The molecule has 0 aliphatic rings. The molecule has 1 aromatic heterocycles. The number of para-hydroxylation sites is 1. The molecule has 0 radical (unpaired) electrons. The van der Waals surface area contributed by atoms with Gasteiger partial charge in [0, 0.05) is 25.0 Å². The minimum absolute atomic E-state index is 0.209. The molecule has 0 saturated carbocycles. The van der Waals surface area contributed by atoms with Gasteiger partial charge in [-0.05, 0) is 37.6 Å². The lowest BCUT2D eigenvalue weighted by atomic mass is 10.1. The molecule has 2 aromatic carbocycles. The normalized spacial score (nSPS) is 10.4. The van der Waals surface area contributed by atoms with Crippen molar-refractivity contribution in [1.29, 1.82) is 0 Å². The third kappa shape index (κ3) is 4.25. The van der Waals surface area contributed by atoms with E-state index >= 15 is 0 Å². The highest BCUT2D eigenvalue weighted by atomic mass is 16.1. The van der Waals surface area contributed by atoms with Crippen LogP contribution in [0.15, 0.2) is 60.7 Å². The first-order valence-corrected chi connectivity index (χ1v) is 8.51. The lowest BCUT2D eigenvalue weighted by Gasteiger charge is -2.18. The Morgan fingerprint density at radius 2 is 1.69 bits per heavy atom. The van der Waals surface area contributed by atoms with Crippen molar-refractivity contribution in [2.24, 2.45) is 0 Å². The number of carbonyl (C=O) groups excluding carboxylic acids is 1. The Balaban J connectivity index is 1.76. The summed E-state index contributed by atoms with van der Waals surface area (Å²) < 4.78 is 0. The van der Waals surface area contributed by atoms with Crippen LogP contribution in [0.25, 0.3) is 0 Å². The van der Waals surface area contributed by atoms with E-state index in [4.69, 9.17) is 0 Å². The van der Waals surface area contributed by atoms with Gasteiger partial charge in [-0.2, -0.15) is 0 Å². The van der Waals surface area contributed by atoms with Crippen molar-refractivity contribution in [2.75, 3.05) is 11.9 Å². The van der Waals surface area contributed by atoms with Crippen molar-refractivity contribution < 1.29 is 4.79 Å². The number of nitrogens with zero attached hydrogens (tertiary/aromatic N) is 3. The van der Waals surface area contributed by atoms with Crippen molar-refractivity contribution in [2.45, 2.75) is 20.4 Å². The maximum absolute atomic E-state index is 12.5. The third-order valence-electron chi connectivity index (χ3n) is 4.09. The lowest BCUT2D eigenvalue weighted by molar-refractivity contribution is 0.0945. The van der Waals surface area contributed by atoms with Gasteiger partial charge in [0.25, 0.3) is 5.91 Å². The van der Waals surface area contributed by atoms with Gasteiger partial charge in [-0.15, -0.1) is 0 Å². The predicted octanol–water partition coefficient (Wildman–Crippen LogP) is 3.79. The van der Waals surface area contributed by atoms with Crippen molar-refractivity contribution in [3.05, 3.63) is 83.2 Å².